The maximum absolute atomic E-state index is 5.49. The lowest BCUT2D eigenvalue weighted by atomic mass is 10.3. The predicted molar refractivity (Wildman–Crippen MR) is 65.1 cm³/mol. The van der Waals surface area contributed by atoms with Gasteiger partial charge in [-0.05, 0) is 31.0 Å². The van der Waals surface area contributed by atoms with Crippen molar-refractivity contribution in [2.75, 3.05) is 12.8 Å². The minimum Gasteiger partial charge on any atom is -0.381 e. The molecule has 4 nitrogen and oxygen atoms in total. The minimum absolute atomic E-state index is 0.440. The molecular formula is C11H15N3OS. The zero-order valence-electron chi connectivity index (χ0n) is 9.43. The Hall–Kier alpha value is -1.33. The van der Waals surface area contributed by atoms with Crippen LogP contribution in [0.5, 0.6) is 0 Å². The van der Waals surface area contributed by atoms with E-state index in [1.54, 1.807) is 17.4 Å². The number of anilines is 1. The smallest absolute Gasteiger partial charge is 0.167 e. The quantitative estimate of drug-likeness (QED) is 0.886. The number of aromatic nitrogens is 1. The highest BCUT2D eigenvalue weighted by Gasteiger charge is 2.08. The molecule has 0 atom stereocenters. The maximum Gasteiger partial charge on any atom is 0.167 e. The summed E-state index contributed by atoms with van der Waals surface area (Å²) in [5, 5.41) is 5.78. The molecule has 16 heavy (non-hydrogen) atoms. The minimum atomic E-state index is 0.440. The number of nitrogens with two attached hydrogens (primary N) is 1. The number of hydrogen-bond acceptors (Lipinski definition) is 5. The van der Waals surface area contributed by atoms with Crippen LogP contribution < -0.4 is 5.73 Å². The summed E-state index contributed by atoms with van der Waals surface area (Å²) >= 11 is 1.78. The highest BCUT2D eigenvalue weighted by Crippen LogP contribution is 2.18. The Balaban J connectivity index is 1.94. The molecule has 0 aliphatic rings. The van der Waals surface area contributed by atoms with Crippen molar-refractivity contribution in [3.8, 4) is 0 Å². The second kappa shape index (κ2) is 4.67. The van der Waals surface area contributed by atoms with Gasteiger partial charge in [0.1, 0.15) is 0 Å². The molecule has 0 unspecified atom stereocenters. The fourth-order valence-corrected chi connectivity index (χ4v) is 2.52. The molecule has 2 aromatic rings. The van der Waals surface area contributed by atoms with Crippen molar-refractivity contribution in [3.63, 3.8) is 0 Å². The molecule has 0 aromatic carbocycles. The van der Waals surface area contributed by atoms with Gasteiger partial charge in [-0.2, -0.15) is 0 Å². The summed E-state index contributed by atoms with van der Waals surface area (Å²) in [6.45, 7) is 3.78. The Morgan fingerprint density at radius 2 is 2.31 bits per heavy atom. The van der Waals surface area contributed by atoms with E-state index in [2.05, 4.69) is 35.5 Å². The molecule has 2 aromatic heterocycles. The Morgan fingerprint density at radius 1 is 1.50 bits per heavy atom. The lowest BCUT2D eigenvalue weighted by Gasteiger charge is -2.13. The van der Waals surface area contributed by atoms with Crippen molar-refractivity contribution in [1.82, 2.24) is 10.1 Å². The maximum atomic E-state index is 5.49. The molecule has 0 radical (unpaired) electrons. The Bertz CT molecular complexity index is 463. The van der Waals surface area contributed by atoms with E-state index >= 15 is 0 Å². The highest BCUT2D eigenvalue weighted by atomic mass is 32.1. The average Bonchev–Trinajstić information content (AvgIpc) is 2.77. The van der Waals surface area contributed by atoms with Gasteiger partial charge in [-0.15, -0.1) is 11.3 Å². The average molecular weight is 237 g/mol. The molecule has 5 heteroatoms. The van der Waals surface area contributed by atoms with Crippen molar-refractivity contribution >= 4 is 17.2 Å². The summed E-state index contributed by atoms with van der Waals surface area (Å²) in [4.78, 5) is 3.56. The topological polar surface area (TPSA) is 55.3 Å². The van der Waals surface area contributed by atoms with Gasteiger partial charge in [0.05, 0.1) is 6.54 Å². The molecule has 2 heterocycles. The van der Waals surface area contributed by atoms with E-state index in [-0.39, 0.29) is 0 Å². The molecule has 0 fully saturated rings. The van der Waals surface area contributed by atoms with Crippen LogP contribution in [-0.2, 0) is 13.1 Å². The van der Waals surface area contributed by atoms with Crippen molar-refractivity contribution in [2.24, 2.45) is 0 Å². The molecule has 0 aliphatic heterocycles. The van der Waals surface area contributed by atoms with Gasteiger partial charge in [-0.3, -0.25) is 4.90 Å². The first-order chi connectivity index (χ1) is 7.65. The SMILES string of the molecule is Cc1ccsc1CN(C)Cc1cc(N)no1. The Labute approximate surface area is 98.7 Å². The van der Waals surface area contributed by atoms with Crippen LogP contribution in [0.1, 0.15) is 16.2 Å². The zero-order chi connectivity index (χ0) is 11.5. The fourth-order valence-electron chi connectivity index (χ4n) is 1.54. The van der Waals surface area contributed by atoms with Gasteiger partial charge >= 0.3 is 0 Å². The van der Waals surface area contributed by atoms with Crippen LogP contribution >= 0.6 is 11.3 Å². The summed E-state index contributed by atoms with van der Waals surface area (Å²) in [6.07, 6.45) is 0. The van der Waals surface area contributed by atoms with Crippen LogP contribution in [0.2, 0.25) is 0 Å². The molecule has 0 bridgehead atoms. The standard InChI is InChI=1S/C11H15N3OS/c1-8-3-4-16-10(8)7-14(2)6-9-5-11(12)13-15-9/h3-5H,6-7H2,1-2H3,(H2,12,13). The summed E-state index contributed by atoms with van der Waals surface area (Å²) in [6, 6.07) is 3.90. The molecule has 0 amide bonds. The second-order valence-electron chi connectivity index (χ2n) is 3.92. The molecule has 0 spiro atoms. The van der Waals surface area contributed by atoms with E-state index in [0.29, 0.717) is 5.82 Å². The molecular weight excluding hydrogens is 222 g/mol. The predicted octanol–water partition coefficient (Wildman–Crippen LogP) is 2.26. The van der Waals surface area contributed by atoms with Crippen LogP contribution in [0, 0.1) is 6.92 Å². The van der Waals surface area contributed by atoms with Gasteiger partial charge in [0.25, 0.3) is 0 Å². The van der Waals surface area contributed by atoms with Gasteiger partial charge in [-0.25, -0.2) is 0 Å². The Morgan fingerprint density at radius 3 is 2.88 bits per heavy atom. The van der Waals surface area contributed by atoms with Gasteiger partial charge in [0.15, 0.2) is 11.6 Å². The summed E-state index contributed by atoms with van der Waals surface area (Å²) in [5.41, 5.74) is 6.83. The third-order valence-electron chi connectivity index (χ3n) is 2.38. The van der Waals surface area contributed by atoms with Crippen LogP contribution in [0.3, 0.4) is 0 Å². The molecule has 2 N–H and O–H groups in total. The summed E-state index contributed by atoms with van der Waals surface area (Å²) in [7, 11) is 2.05. The van der Waals surface area contributed by atoms with Gasteiger partial charge in [0.2, 0.25) is 0 Å². The van der Waals surface area contributed by atoms with Crippen LogP contribution in [0.4, 0.5) is 5.82 Å². The Kier molecular flexibility index (Phi) is 3.26. The van der Waals surface area contributed by atoms with Gasteiger partial charge in [-0.1, -0.05) is 5.16 Å². The normalized spacial score (nSPS) is 11.2. The first-order valence-electron chi connectivity index (χ1n) is 5.07. The van der Waals surface area contributed by atoms with Gasteiger partial charge in [0, 0.05) is 17.5 Å². The number of hydrogen-bond donors (Lipinski definition) is 1. The lowest BCUT2D eigenvalue weighted by Crippen LogP contribution is -2.16. The van der Waals surface area contributed by atoms with Gasteiger partial charge < -0.3 is 10.3 Å². The molecule has 0 aliphatic carbocycles. The number of aryl methyl sites for hydroxylation is 1. The summed E-state index contributed by atoms with van der Waals surface area (Å²) in [5.74, 6) is 1.24. The van der Waals surface area contributed by atoms with Crippen molar-refractivity contribution in [1.29, 1.82) is 0 Å². The number of rotatable bonds is 4. The van der Waals surface area contributed by atoms with E-state index in [0.717, 1.165) is 18.8 Å². The van der Waals surface area contributed by atoms with Crippen LogP contribution in [-0.4, -0.2) is 17.1 Å². The molecule has 86 valence electrons. The zero-order valence-corrected chi connectivity index (χ0v) is 10.3. The molecule has 0 saturated carbocycles. The third kappa shape index (κ3) is 2.62. The number of thiophene rings is 1. The van der Waals surface area contributed by atoms with Crippen LogP contribution in [0.25, 0.3) is 0 Å². The van der Waals surface area contributed by atoms with E-state index in [1.165, 1.54) is 10.4 Å². The number of nitrogen functional groups attached to an aromatic ring is 1. The van der Waals surface area contributed by atoms with Crippen LogP contribution in [0.15, 0.2) is 22.0 Å². The van der Waals surface area contributed by atoms with E-state index in [4.69, 9.17) is 10.3 Å². The van der Waals surface area contributed by atoms with Crippen molar-refractivity contribution < 1.29 is 4.52 Å². The van der Waals surface area contributed by atoms with E-state index in [9.17, 15) is 0 Å². The highest BCUT2D eigenvalue weighted by molar-refractivity contribution is 7.10. The largest absolute Gasteiger partial charge is 0.381 e. The molecule has 0 saturated heterocycles. The fraction of sp³-hybridized carbons (Fsp3) is 0.364. The first-order valence-corrected chi connectivity index (χ1v) is 5.95. The third-order valence-corrected chi connectivity index (χ3v) is 3.39. The summed E-state index contributed by atoms with van der Waals surface area (Å²) < 4.78 is 5.07. The van der Waals surface area contributed by atoms with E-state index < -0.39 is 0 Å². The molecule has 2 rings (SSSR count). The van der Waals surface area contributed by atoms with E-state index in [1.807, 2.05) is 0 Å². The van der Waals surface area contributed by atoms with Crippen molar-refractivity contribution in [3.05, 3.63) is 33.7 Å². The monoisotopic (exact) mass is 237 g/mol. The first kappa shape index (κ1) is 11.2. The number of nitrogens with zero attached hydrogens (tertiary/aromatic N) is 2. The lowest BCUT2D eigenvalue weighted by molar-refractivity contribution is 0.268. The van der Waals surface area contributed by atoms with Crippen molar-refractivity contribution in [2.45, 2.75) is 20.0 Å². The second-order valence-corrected chi connectivity index (χ2v) is 4.92.